The lowest BCUT2D eigenvalue weighted by molar-refractivity contribution is -0.133. The van der Waals surface area contributed by atoms with Crippen LogP contribution in [0.4, 0.5) is 4.39 Å². The number of rotatable bonds is 3. The van der Waals surface area contributed by atoms with Crippen molar-refractivity contribution in [2.75, 3.05) is 0 Å². The molecular formula is C19H14FNO2. The van der Waals surface area contributed by atoms with Gasteiger partial charge in [-0.3, -0.25) is 4.79 Å². The van der Waals surface area contributed by atoms with Gasteiger partial charge < -0.3 is 4.74 Å². The van der Waals surface area contributed by atoms with Gasteiger partial charge in [0.2, 0.25) is 0 Å². The second-order valence-corrected chi connectivity index (χ2v) is 5.30. The number of carbonyl (C=O) groups is 1. The third-order valence-corrected chi connectivity index (χ3v) is 3.71. The molecule has 0 fully saturated rings. The molecule has 2 aromatic rings. The van der Waals surface area contributed by atoms with Gasteiger partial charge in [0.05, 0.1) is 12.5 Å². The van der Waals surface area contributed by atoms with Crippen LogP contribution in [0.3, 0.4) is 0 Å². The Balaban J connectivity index is 1.93. The highest BCUT2D eigenvalue weighted by Crippen LogP contribution is 2.30. The van der Waals surface area contributed by atoms with Crippen molar-refractivity contribution in [3.05, 3.63) is 59.4 Å². The quantitative estimate of drug-likeness (QED) is 0.628. The number of carbonyl (C=O) groups excluding carboxylic acids is 1. The fraction of sp³-hybridized carbons (Fsp3) is 0.158. The van der Waals surface area contributed by atoms with Crippen LogP contribution in [-0.4, -0.2) is 5.97 Å². The maximum Gasteiger partial charge on any atom is 0.315 e. The van der Waals surface area contributed by atoms with Crippen LogP contribution in [0.25, 0.3) is 17.2 Å². The molecule has 1 aliphatic rings. The summed E-state index contributed by atoms with van der Waals surface area (Å²) >= 11 is 0. The standard InChI is InChI=1S/C19H14FNO2/c20-17-12-15(7-6-13(17)4-2-10-21)14-8-9-18-16(11-14)3-1-5-19(22)23-18/h1,3,6-9,11-12H,2,4-5H2. The molecular weight excluding hydrogens is 293 g/mol. The summed E-state index contributed by atoms with van der Waals surface area (Å²) < 4.78 is 19.4. The summed E-state index contributed by atoms with van der Waals surface area (Å²) in [6, 6.07) is 12.4. The summed E-state index contributed by atoms with van der Waals surface area (Å²) in [5.74, 6) is -0.0890. The van der Waals surface area contributed by atoms with Gasteiger partial charge in [-0.05, 0) is 41.3 Å². The first kappa shape index (κ1) is 15.0. The molecule has 114 valence electrons. The number of nitriles is 1. The molecule has 0 N–H and O–H groups in total. The second-order valence-electron chi connectivity index (χ2n) is 5.30. The molecule has 0 atom stereocenters. The number of fused-ring (bicyclic) bond motifs is 1. The highest BCUT2D eigenvalue weighted by molar-refractivity contribution is 5.81. The lowest BCUT2D eigenvalue weighted by atomic mass is 9.99. The Morgan fingerprint density at radius 1 is 1.17 bits per heavy atom. The van der Waals surface area contributed by atoms with Crippen LogP contribution in [0.5, 0.6) is 5.75 Å². The fourth-order valence-electron chi connectivity index (χ4n) is 2.52. The SMILES string of the molecule is N#CCCc1ccc(-c2ccc3c(c2)C=CCC(=O)O3)cc1F. The third kappa shape index (κ3) is 3.29. The van der Waals surface area contributed by atoms with E-state index < -0.39 is 0 Å². The Morgan fingerprint density at radius 3 is 2.74 bits per heavy atom. The lowest BCUT2D eigenvalue weighted by Crippen LogP contribution is -2.05. The van der Waals surface area contributed by atoms with E-state index in [4.69, 9.17) is 10.00 Å². The number of halogens is 1. The number of aryl methyl sites for hydroxylation is 1. The number of hydrogen-bond donors (Lipinski definition) is 0. The zero-order chi connectivity index (χ0) is 16.2. The Morgan fingerprint density at radius 2 is 1.96 bits per heavy atom. The first-order chi connectivity index (χ1) is 11.2. The largest absolute Gasteiger partial charge is 0.426 e. The van der Waals surface area contributed by atoms with Crippen LogP contribution >= 0.6 is 0 Å². The van der Waals surface area contributed by atoms with Crippen molar-refractivity contribution in [2.24, 2.45) is 0 Å². The van der Waals surface area contributed by atoms with Crippen molar-refractivity contribution in [1.29, 1.82) is 5.26 Å². The molecule has 0 saturated carbocycles. The molecule has 1 heterocycles. The van der Waals surface area contributed by atoms with Crippen LogP contribution in [0.1, 0.15) is 24.0 Å². The molecule has 3 rings (SSSR count). The number of benzene rings is 2. The average Bonchev–Trinajstić information content (AvgIpc) is 2.73. The smallest absolute Gasteiger partial charge is 0.315 e. The van der Waals surface area contributed by atoms with Crippen molar-refractivity contribution >= 4 is 12.0 Å². The van der Waals surface area contributed by atoms with Gasteiger partial charge in [0.15, 0.2) is 0 Å². The highest BCUT2D eigenvalue weighted by Gasteiger charge is 2.12. The van der Waals surface area contributed by atoms with E-state index in [0.717, 1.165) is 16.7 Å². The zero-order valence-electron chi connectivity index (χ0n) is 12.4. The van der Waals surface area contributed by atoms with Crippen molar-refractivity contribution in [2.45, 2.75) is 19.3 Å². The Kier molecular flexibility index (Phi) is 4.20. The first-order valence-corrected chi connectivity index (χ1v) is 7.34. The topological polar surface area (TPSA) is 50.1 Å². The summed E-state index contributed by atoms with van der Waals surface area (Å²) in [6.45, 7) is 0. The predicted molar refractivity (Wildman–Crippen MR) is 85.1 cm³/mol. The van der Waals surface area contributed by atoms with Gasteiger partial charge in [-0.2, -0.15) is 5.26 Å². The van der Waals surface area contributed by atoms with Gasteiger partial charge in [0.1, 0.15) is 11.6 Å². The molecule has 1 aliphatic heterocycles. The molecule has 0 unspecified atom stereocenters. The maximum atomic E-state index is 14.1. The zero-order valence-corrected chi connectivity index (χ0v) is 12.4. The van der Waals surface area contributed by atoms with E-state index in [9.17, 15) is 9.18 Å². The maximum absolute atomic E-state index is 14.1. The van der Waals surface area contributed by atoms with Crippen molar-refractivity contribution in [3.8, 4) is 22.9 Å². The van der Waals surface area contributed by atoms with Gasteiger partial charge >= 0.3 is 5.97 Å². The van der Waals surface area contributed by atoms with E-state index in [1.807, 2.05) is 24.3 Å². The second kappa shape index (κ2) is 6.45. The molecule has 0 aliphatic carbocycles. The van der Waals surface area contributed by atoms with E-state index in [-0.39, 0.29) is 18.2 Å². The highest BCUT2D eigenvalue weighted by atomic mass is 19.1. The van der Waals surface area contributed by atoms with Gasteiger partial charge in [-0.1, -0.05) is 30.4 Å². The molecule has 0 aromatic heterocycles. The summed E-state index contributed by atoms with van der Waals surface area (Å²) in [7, 11) is 0. The minimum atomic E-state index is -0.310. The first-order valence-electron chi connectivity index (χ1n) is 7.34. The summed E-state index contributed by atoms with van der Waals surface area (Å²) in [5.41, 5.74) is 2.92. The van der Waals surface area contributed by atoms with E-state index in [1.165, 1.54) is 6.07 Å². The van der Waals surface area contributed by atoms with Crippen LogP contribution in [-0.2, 0) is 11.2 Å². The normalized spacial score (nSPS) is 13.0. The van der Waals surface area contributed by atoms with Crippen LogP contribution in [0.15, 0.2) is 42.5 Å². The number of nitrogens with zero attached hydrogens (tertiary/aromatic N) is 1. The minimum Gasteiger partial charge on any atom is -0.426 e. The van der Waals surface area contributed by atoms with Gasteiger partial charge in [-0.25, -0.2) is 4.39 Å². The van der Waals surface area contributed by atoms with Gasteiger partial charge in [-0.15, -0.1) is 0 Å². The summed E-state index contributed by atoms with van der Waals surface area (Å²) in [5, 5.41) is 8.59. The van der Waals surface area contributed by atoms with Crippen molar-refractivity contribution in [1.82, 2.24) is 0 Å². The van der Waals surface area contributed by atoms with E-state index in [0.29, 0.717) is 24.2 Å². The molecule has 0 saturated heterocycles. The van der Waals surface area contributed by atoms with E-state index in [1.54, 1.807) is 24.3 Å². The average molecular weight is 307 g/mol. The Hall–Kier alpha value is -2.93. The van der Waals surface area contributed by atoms with Crippen LogP contribution in [0.2, 0.25) is 0 Å². The molecule has 23 heavy (non-hydrogen) atoms. The predicted octanol–water partition coefficient (Wildman–Crippen LogP) is 4.27. The summed E-state index contributed by atoms with van der Waals surface area (Å²) in [4.78, 5) is 11.4. The monoisotopic (exact) mass is 307 g/mol. The molecule has 0 amide bonds. The summed E-state index contributed by atoms with van der Waals surface area (Å²) in [6.07, 6.45) is 4.54. The van der Waals surface area contributed by atoms with Crippen LogP contribution < -0.4 is 4.74 Å². The van der Waals surface area contributed by atoms with E-state index >= 15 is 0 Å². The van der Waals surface area contributed by atoms with Crippen LogP contribution in [0, 0.1) is 17.1 Å². The van der Waals surface area contributed by atoms with Crippen molar-refractivity contribution < 1.29 is 13.9 Å². The molecule has 2 aromatic carbocycles. The van der Waals surface area contributed by atoms with Crippen molar-refractivity contribution in [3.63, 3.8) is 0 Å². The van der Waals surface area contributed by atoms with E-state index in [2.05, 4.69) is 0 Å². The molecule has 0 spiro atoms. The number of esters is 1. The third-order valence-electron chi connectivity index (χ3n) is 3.71. The molecule has 0 bridgehead atoms. The minimum absolute atomic E-state index is 0.242. The molecule has 3 nitrogen and oxygen atoms in total. The number of hydrogen-bond acceptors (Lipinski definition) is 3. The Bertz CT molecular complexity index is 834. The van der Waals surface area contributed by atoms with Gasteiger partial charge in [0.25, 0.3) is 0 Å². The molecule has 4 heteroatoms. The molecule has 0 radical (unpaired) electrons. The van der Waals surface area contributed by atoms with Gasteiger partial charge in [0, 0.05) is 12.0 Å². The Labute approximate surface area is 133 Å². The lowest BCUT2D eigenvalue weighted by Gasteiger charge is -2.09. The fourth-order valence-corrected chi connectivity index (χ4v) is 2.52. The number of ether oxygens (including phenoxy) is 1.